The number of hydrogen-bond acceptors (Lipinski definition) is 5. The number of hydrogen-bond donors (Lipinski definition) is 1. The topological polar surface area (TPSA) is 94.6 Å². The Morgan fingerprint density at radius 2 is 2.25 bits per heavy atom. The van der Waals surface area contributed by atoms with Gasteiger partial charge in [-0.25, -0.2) is 4.79 Å². The lowest BCUT2D eigenvalue weighted by atomic mass is 10.1. The summed E-state index contributed by atoms with van der Waals surface area (Å²) < 4.78 is 9.87. The highest BCUT2D eigenvalue weighted by Gasteiger charge is 2.18. The van der Waals surface area contributed by atoms with Crippen molar-refractivity contribution in [1.82, 2.24) is 0 Å². The Morgan fingerprint density at radius 3 is 2.85 bits per heavy atom. The second-order valence-corrected chi connectivity index (χ2v) is 3.81. The van der Waals surface area contributed by atoms with Crippen molar-refractivity contribution in [3.63, 3.8) is 0 Å². The van der Waals surface area contributed by atoms with Crippen LogP contribution in [0, 0.1) is 10.1 Å². The van der Waals surface area contributed by atoms with E-state index < -0.39 is 11.0 Å². The fourth-order valence-corrected chi connectivity index (χ4v) is 1.66. The maximum Gasteiger partial charge on any atom is 0.411 e. The average molecular weight is 276 g/mol. The molecular formula is C13H12N2O5. The van der Waals surface area contributed by atoms with Gasteiger partial charge in [0.25, 0.3) is 5.69 Å². The van der Waals surface area contributed by atoms with E-state index in [0.29, 0.717) is 11.3 Å². The molecule has 20 heavy (non-hydrogen) atoms. The molecule has 0 bridgehead atoms. The van der Waals surface area contributed by atoms with Crippen LogP contribution in [0.15, 0.2) is 41.0 Å². The van der Waals surface area contributed by atoms with Crippen molar-refractivity contribution in [3.05, 3.63) is 46.7 Å². The third kappa shape index (κ3) is 2.94. The normalized spacial score (nSPS) is 10.1. The second-order valence-electron chi connectivity index (χ2n) is 3.81. The van der Waals surface area contributed by atoms with Crippen LogP contribution in [0.5, 0.6) is 0 Å². The Balaban J connectivity index is 2.34. The van der Waals surface area contributed by atoms with Crippen molar-refractivity contribution >= 4 is 17.5 Å². The van der Waals surface area contributed by atoms with Crippen LogP contribution in [-0.2, 0) is 4.74 Å². The molecule has 0 aliphatic heterocycles. The molecule has 0 fully saturated rings. The van der Waals surface area contributed by atoms with Crippen LogP contribution in [0.4, 0.5) is 16.2 Å². The molecule has 1 aromatic heterocycles. The van der Waals surface area contributed by atoms with Crippen molar-refractivity contribution in [2.45, 2.75) is 6.92 Å². The largest absolute Gasteiger partial charge is 0.464 e. The molecule has 0 aliphatic carbocycles. The zero-order chi connectivity index (χ0) is 14.5. The molecule has 0 radical (unpaired) electrons. The first kappa shape index (κ1) is 13.6. The molecule has 7 nitrogen and oxygen atoms in total. The molecule has 1 heterocycles. The van der Waals surface area contributed by atoms with Gasteiger partial charge < -0.3 is 9.15 Å². The number of nitro groups is 1. The van der Waals surface area contributed by atoms with E-state index in [1.54, 1.807) is 25.1 Å². The van der Waals surface area contributed by atoms with Gasteiger partial charge in [-0.3, -0.25) is 15.4 Å². The molecule has 2 aromatic rings. The number of nitro benzene ring substituents is 1. The average Bonchev–Trinajstić information content (AvgIpc) is 2.93. The lowest BCUT2D eigenvalue weighted by Crippen LogP contribution is -2.14. The van der Waals surface area contributed by atoms with E-state index in [2.05, 4.69) is 5.32 Å². The Labute approximate surface area is 114 Å². The highest BCUT2D eigenvalue weighted by molar-refractivity contribution is 5.88. The maximum absolute atomic E-state index is 11.3. The monoisotopic (exact) mass is 276 g/mol. The fraction of sp³-hybridized carbons (Fsp3) is 0.154. The van der Waals surface area contributed by atoms with E-state index in [-0.39, 0.29) is 18.0 Å². The van der Waals surface area contributed by atoms with Crippen molar-refractivity contribution in [3.8, 4) is 11.3 Å². The summed E-state index contributed by atoms with van der Waals surface area (Å²) in [5.41, 5.74) is 0.395. The first-order valence-electron chi connectivity index (χ1n) is 5.88. The summed E-state index contributed by atoms with van der Waals surface area (Å²) in [4.78, 5) is 21.8. The van der Waals surface area contributed by atoms with Gasteiger partial charge in [0, 0.05) is 11.6 Å². The molecule has 1 aromatic carbocycles. The van der Waals surface area contributed by atoms with Crippen LogP contribution in [-0.4, -0.2) is 17.6 Å². The smallest absolute Gasteiger partial charge is 0.411 e. The molecule has 2 rings (SSSR count). The highest BCUT2D eigenvalue weighted by Crippen LogP contribution is 2.30. The van der Waals surface area contributed by atoms with Crippen molar-refractivity contribution in [2.75, 3.05) is 11.9 Å². The Bertz CT molecular complexity index is 622. The van der Waals surface area contributed by atoms with E-state index >= 15 is 0 Å². The van der Waals surface area contributed by atoms with Crippen LogP contribution < -0.4 is 5.32 Å². The second kappa shape index (κ2) is 5.87. The summed E-state index contributed by atoms with van der Waals surface area (Å²) >= 11 is 0. The number of ether oxygens (including phenoxy) is 1. The molecule has 104 valence electrons. The van der Waals surface area contributed by atoms with Gasteiger partial charge in [0.1, 0.15) is 11.4 Å². The first-order valence-corrected chi connectivity index (χ1v) is 5.88. The minimum atomic E-state index is -0.735. The molecule has 1 amide bonds. The van der Waals surface area contributed by atoms with Gasteiger partial charge in [-0.2, -0.15) is 0 Å². The van der Waals surface area contributed by atoms with Crippen LogP contribution in [0.1, 0.15) is 6.92 Å². The predicted octanol–water partition coefficient (Wildman–Crippen LogP) is 3.42. The molecular weight excluding hydrogens is 264 g/mol. The number of rotatable bonds is 4. The maximum atomic E-state index is 11.3. The zero-order valence-corrected chi connectivity index (χ0v) is 10.7. The first-order chi connectivity index (χ1) is 9.61. The highest BCUT2D eigenvalue weighted by atomic mass is 16.6. The molecule has 0 unspecified atom stereocenters. The van der Waals surface area contributed by atoms with Crippen LogP contribution >= 0.6 is 0 Å². The van der Waals surface area contributed by atoms with Gasteiger partial charge >= 0.3 is 6.09 Å². The van der Waals surface area contributed by atoms with Crippen LogP contribution in [0.25, 0.3) is 11.3 Å². The molecule has 0 saturated carbocycles. The standard InChI is InChI=1S/C13H12N2O5/c1-2-19-13(16)14-10-6-5-9(8-11(10)15(17)18)12-4-3-7-20-12/h3-8H,2H2,1H3,(H,14,16). The molecule has 0 spiro atoms. The summed E-state index contributed by atoms with van der Waals surface area (Å²) in [6.07, 6.45) is 0.743. The molecule has 0 saturated heterocycles. The molecule has 0 atom stereocenters. The number of carbonyl (C=O) groups is 1. The van der Waals surface area contributed by atoms with Gasteiger partial charge in [-0.1, -0.05) is 0 Å². The molecule has 1 N–H and O–H groups in total. The summed E-state index contributed by atoms with van der Waals surface area (Å²) in [5, 5.41) is 13.4. The van der Waals surface area contributed by atoms with Crippen LogP contribution in [0.3, 0.4) is 0 Å². The van der Waals surface area contributed by atoms with Gasteiger partial charge in [-0.15, -0.1) is 0 Å². The third-order valence-corrected chi connectivity index (χ3v) is 2.51. The Hall–Kier alpha value is -2.83. The van der Waals surface area contributed by atoms with Crippen LogP contribution in [0.2, 0.25) is 0 Å². The number of anilines is 1. The minimum Gasteiger partial charge on any atom is -0.464 e. The Kier molecular flexibility index (Phi) is 3.99. The zero-order valence-electron chi connectivity index (χ0n) is 10.7. The van der Waals surface area contributed by atoms with E-state index in [1.165, 1.54) is 18.4 Å². The van der Waals surface area contributed by atoms with E-state index in [4.69, 9.17) is 9.15 Å². The lowest BCUT2D eigenvalue weighted by Gasteiger charge is -2.07. The SMILES string of the molecule is CCOC(=O)Nc1ccc(-c2ccco2)cc1[N+](=O)[O-]. The molecule has 7 heteroatoms. The van der Waals surface area contributed by atoms with Gasteiger partial charge in [-0.05, 0) is 31.2 Å². The van der Waals surface area contributed by atoms with E-state index in [0.717, 1.165) is 0 Å². The minimum absolute atomic E-state index is 0.0729. The summed E-state index contributed by atoms with van der Waals surface area (Å²) in [6, 6.07) is 7.77. The summed E-state index contributed by atoms with van der Waals surface area (Å²) in [5.74, 6) is 0.510. The fourth-order valence-electron chi connectivity index (χ4n) is 1.66. The van der Waals surface area contributed by atoms with E-state index in [9.17, 15) is 14.9 Å². The Morgan fingerprint density at radius 1 is 1.45 bits per heavy atom. The number of furan rings is 1. The van der Waals surface area contributed by atoms with E-state index in [1.807, 2.05) is 0 Å². The van der Waals surface area contributed by atoms with Crippen molar-refractivity contribution in [2.24, 2.45) is 0 Å². The van der Waals surface area contributed by atoms with Gasteiger partial charge in [0.2, 0.25) is 0 Å². The number of amides is 1. The number of nitrogens with zero attached hydrogens (tertiary/aromatic N) is 1. The van der Waals surface area contributed by atoms with Crippen molar-refractivity contribution < 1.29 is 18.9 Å². The summed E-state index contributed by atoms with van der Waals surface area (Å²) in [6.45, 7) is 1.83. The number of carbonyl (C=O) groups excluding carboxylic acids is 1. The molecule has 0 aliphatic rings. The van der Waals surface area contributed by atoms with Gasteiger partial charge in [0.05, 0.1) is 17.8 Å². The predicted molar refractivity (Wildman–Crippen MR) is 71.4 cm³/mol. The van der Waals surface area contributed by atoms with Crippen molar-refractivity contribution in [1.29, 1.82) is 0 Å². The number of nitrogens with one attached hydrogen (secondary N) is 1. The quantitative estimate of drug-likeness (QED) is 0.681. The van der Waals surface area contributed by atoms with Gasteiger partial charge in [0.15, 0.2) is 0 Å². The third-order valence-electron chi connectivity index (χ3n) is 2.51. The lowest BCUT2D eigenvalue weighted by molar-refractivity contribution is -0.383. The summed E-state index contributed by atoms with van der Waals surface area (Å²) in [7, 11) is 0. The number of benzene rings is 1.